The molecule has 3 aromatic rings. The highest BCUT2D eigenvalue weighted by Crippen LogP contribution is 2.26. The van der Waals surface area contributed by atoms with E-state index in [0.29, 0.717) is 25.5 Å². The van der Waals surface area contributed by atoms with Crippen LogP contribution in [0.5, 0.6) is 5.75 Å². The van der Waals surface area contributed by atoms with Crippen LogP contribution in [0.2, 0.25) is 0 Å². The summed E-state index contributed by atoms with van der Waals surface area (Å²) in [7, 11) is -4.26. The third-order valence-electron chi connectivity index (χ3n) is 6.08. The first kappa shape index (κ1) is 28.1. The number of benzene rings is 3. The third-order valence-corrected chi connectivity index (χ3v) is 7.87. The maximum absolute atomic E-state index is 13.5. The second kappa shape index (κ2) is 12.7. The molecule has 0 saturated carbocycles. The molecule has 39 heavy (non-hydrogen) atoms. The molecule has 9 nitrogen and oxygen atoms in total. The Balaban J connectivity index is 1.56. The van der Waals surface area contributed by atoms with Crippen molar-refractivity contribution in [3.8, 4) is 5.75 Å². The summed E-state index contributed by atoms with van der Waals surface area (Å²) in [6, 6.07) is 17.0. The van der Waals surface area contributed by atoms with Gasteiger partial charge in [0.05, 0.1) is 34.5 Å². The molecule has 1 aliphatic heterocycles. The van der Waals surface area contributed by atoms with Crippen molar-refractivity contribution in [2.75, 3.05) is 35.9 Å². The van der Waals surface area contributed by atoms with E-state index in [-0.39, 0.29) is 33.8 Å². The number of nitrogens with one attached hydrogen (secondary N) is 2. The first-order valence-corrected chi connectivity index (χ1v) is 14.0. The summed E-state index contributed by atoms with van der Waals surface area (Å²) in [6.45, 7) is 2.67. The van der Waals surface area contributed by atoms with Crippen LogP contribution in [0.1, 0.15) is 30.1 Å². The van der Waals surface area contributed by atoms with Crippen LogP contribution < -0.4 is 19.7 Å². The number of para-hydroxylation sites is 1. The van der Waals surface area contributed by atoms with Gasteiger partial charge in [0.25, 0.3) is 15.9 Å². The van der Waals surface area contributed by atoms with E-state index in [1.54, 1.807) is 36.4 Å². The molecule has 1 aliphatic rings. The number of sulfonamides is 1. The van der Waals surface area contributed by atoms with Gasteiger partial charge in [-0.25, -0.2) is 12.8 Å². The maximum Gasteiger partial charge on any atom is 0.264 e. The normalized spacial score (nSPS) is 15.0. The van der Waals surface area contributed by atoms with Crippen LogP contribution in [0.25, 0.3) is 0 Å². The lowest BCUT2D eigenvalue weighted by Gasteiger charge is -2.24. The van der Waals surface area contributed by atoms with Gasteiger partial charge in [-0.05, 0) is 80.4 Å². The van der Waals surface area contributed by atoms with E-state index < -0.39 is 28.3 Å². The van der Waals surface area contributed by atoms with Gasteiger partial charge in [0.2, 0.25) is 5.91 Å². The second-order valence-electron chi connectivity index (χ2n) is 8.83. The van der Waals surface area contributed by atoms with E-state index in [1.807, 2.05) is 6.92 Å². The highest BCUT2D eigenvalue weighted by Gasteiger charge is 2.28. The molecule has 2 amide bonds. The van der Waals surface area contributed by atoms with Gasteiger partial charge in [-0.3, -0.25) is 13.9 Å². The van der Waals surface area contributed by atoms with Crippen LogP contribution >= 0.6 is 0 Å². The molecule has 206 valence electrons. The van der Waals surface area contributed by atoms with Crippen LogP contribution in [-0.4, -0.2) is 52.6 Å². The summed E-state index contributed by atoms with van der Waals surface area (Å²) in [6.07, 6.45) is 1.76. The molecule has 0 radical (unpaired) electrons. The Morgan fingerprint density at radius 2 is 1.77 bits per heavy atom. The van der Waals surface area contributed by atoms with Gasteiger partial charge in [-0.15, -0.1) is 0 Å². The maximum atomic E-state index is 13.5. The van der Waals surface area contributed by atoms with Gasteiger partial charge in [0.15, 0.2) is 0 Å². The van der Waals surface area contributed by atoms with Crippen LogP contribution in [-0.2, 0) is 19.6 Å². The number of carbonyl (C=O) groups excluding carboxylic acids is 2. The molecule has 1 saturated heterocycles. The first-order chi connectivity index (χ1) is 18.8. The van der Waals surface area contributed by atoms with Crippen molar-refractivity contribution < 1.29 is 31.9 Å². The van der Waals surface area contributed by atoms with Crippen LogP contribution in [0.15, 0.2) is 77.7 Å². The van der Waals surface area contributed by atoms with Gasteiger partial charge in [-0.2, -0.15) is 0 Å². The fourth-order valence-electron chi connectivity index (χ4n) is 4.14. The monoisotopic (exact) mass is 555 g/mol. The van der Waals surface area contributed by atoms with E-state index in [1.165, 1.54) is 12.1 Å². The summed E-state index contributed by atoms with van der Waals surface area (Å²) in [4.78, 5) is 25.8. The lowest BCUT2D eigenvalue weighted by Crippen LogP contribution is -2.38. The number of nitrogens with zero attached hydrogens (tertiary/aromatic N) is 1. The van der Waals surface area contributed by atoms with Gasteiger partial charge >= 0.3 is 0 Å². The van der Waals surface area contributed by atoms with Gasteiger partial charge < -0.3 is 20.1 Å². The molecule has 0 unspecified atom stereocenters. The Labute approximate surface area is 227 Å². The zero-order chi connectivity index (χ0) is 27.8. The first-order valence-electron chi connectivity index (χ1n) is 12.6. The summed E-state index contributed by atoms with van der Waals surface area (Å²) in [5.41, 5.74) is 0.677. The minimum atomic E-state index is -4.26. The number of hydrogen-bond donors (Lipinski definition) is 2. The number of amides is 2. The van der Waals surface area contributed by atoms with E-state index in [0.717, 1.165) is 41.4 Å². The van der Waals surface area contributed by atoms with E-state index in [9.17, 15) is 22.4 Å². The summed E-state index contributed by atoms with van der Waals surface area (Å²) >= 11 is 0. The number of hydrogen-bond acceptors (Lipinski definition) is 6. The van der Waals surface area contributed by atoms with Crippen LogP contribution in [0, 0.1) is 5.82 Å². The molecule has 4 rings (SSSR count). The number of carbonyl (C=O) groups is 2. The summed E-state index contributed by atoms with van der Waals surface area (Å²) < 4.78 is 52.5. The highest BCUT2D eigenvalue weighted by molar-refractivity contribution is 7.92. The molecule has 0 aromatic heterocycles. The molecular formula is C28H30FN3O6S. The average Bonchev–Trinajstić information content (AvgIpc) is 3.45. The van der Waals surface area contributed by atoms with Crippen molar-refractivity contribution in [3.05, 3.63) is 84.2 Å². The predicted molar refractivity (Wildman–Crippen MR) is 145 cm³/mol. The quantitative estimate of drug-likeness (QED) is 0.370. The second-order valence-corrected chi connectivity index (χ2v) is 10.7. The Morgan fingerprint density at radius 3 is 2.44 bits per heavy atom. The van der Waals surface area contributed by atoms with Crippen molar-refractivity contribution in [1.82, 2.24) is 5.32 Å². The Kier molecular flexibility index (Phi) is 9.15. The van der Waals surface area contributed by atoms with E-state index >= 15 is 0 Å². The Hall–Kier alpha value is -3.96. The molecule has 3 aromatic carbocycles. The topological polar surface area (TPSA) is 114 Å². The number of anilines is 2. The van der Waals surface area contributed by atoms with Crippen molar-refractivity contribution in [2.45, 2.75) is 30.8 Å². The Bertz CT molecular complexity index is 1390. The highest BCUT2D eigenvalue weighted by atomic mass is 32.2. The van der Waals surface area contributed by atoms with Gasteiger partial charge in [0, 0.05) is 13.2 Å². The molecule has 0 spiro atoms. The lowest BCUT2D eigenvalue weighted by molar-refractivity contribution is -0.114. The van der Waals surface area contributed by atoms with Crippen LogP contribution in [0.3, 0.4) is 0 Å². The van der Waals surface area contributed by atoms with Gasteiger partial charge in [-0.1, -0.05) is 12.1 Å². The zero-order valence-corrected chi connectivity index (χ0v) is 22.2. The molecule has 0 bridgehead atoms. The minimum absolute atomic E-state index is 0.0463. The van der Waals surface area contributed by atoms with E-state index in [4.69, 9.17) is 9.47 Å². The number of ether oxygens (including phenoxy) is 2. The number of halogens is 1. The lowest BCUT2D eigenvalue weighted by atomic mass is 10.1. The standard InChI is InChI=1S/C28H30FN3O6S/c1-2-37-22-13-11-21(12-14-22)32(39(35,36)24-15-9-20(29)10-16-24)19-27(33)31-26-8-4-3-7-25(26)28(34)30-18-23-6-5-17-38-23/h3-4,7-16,23H,2,5-6,17-19H2,1H3,(H,30,34)(H,31,33)/t23-/m1/s1. The molecule has 1 atom stereocenters. The molecule has 11 heteroatoms. The minimum Gasteiger partial charge on any atom is -0.494 e. The average molecular weight is 556 g/mol. The fraction of sp³-hybridized carbons (Fsp3) is 0.286. The molecule has 1 heterocycles. The summed E-state index contributed by atoms with van der Waals surface area (Å²) in [5.74, 6) is -1.11. The SMILES string of the molecule is CCOc1ccc(N(CC(=O)Nc2ccccc2C(=O)NC[C@H]2CCCO2)S(=O)(=O)c2ccc(F)cc2)cc1. The largest absolute Gasteiger partial charge is 0.494 e. The van der Waals surface area contributed by atoms with Crippen molar-refractivity contribution in [3.63, 3.8) is 0 Å². The molecule has 0 aliphatic carbocycles. The van der Waals surface area contributed by atoms with Crippen molar-refractivity contribution in [2.24, 2.45) is 0 Å². The van der Waals surface area contributed by atoms with Crippen molar-refractivity contribution in [1.29, 1.82) is 0 Å². The Morgan fingerprint density at radius 1 is 1.05 bits per heavy atom. The smallest absolute Gasteiger partial charge is 0.264 e. The zero-order valence-electron chi connectivity index (χ0n) is 21.4. The fourth-order valence-corrected chi connectivity index (χ4v) is 5.56. The number of rotatable bonds is 11. The molecule has 2 N–H and O–H groups in total. The third kappa shape index (κ3) is 7.12. The van der Waals surface area contributed by atoms with Crippen molar-refractivity contribution >= 4 is 33.2 Å². The van der Waals surface area contributed by atoms with E-state index in [2.05, 4.69) is 10.6 Å². The molecule has 1 fully saturated rings. The van der Waals surface area contributed by atoms with Crippen LogP contribution in [0.4, 0.5) is 15.8 Å². The summed E-state index contributed by atoms with van der Waals surface area (Å²) in [5, 5.41) is 5.49. The van der Waals surface area contributed by atoms with Gasteiger partial charge in [0.1, 0.15) is 18.1 Å². The molecular weight excluding hydrogens is 525 g/mol. The predicted octanol–water partition coefficient (Wildman–Crippen LogP) is 3.97.